The van der Waals surface area contributed by atoms with Gasteiger partial charge in [0.1, 0.15) is 6.04 Å². The molecule has 0 spiro atoms. The van der Waals surface area contributed by atoms with E-state index < -0.39 is 17.4 Å². The van der Waals surface area contributed by atoms with Crippen LogP contribution in [0.2, 0.25) is 0 Å². The zero-order valence-electron chi connectivity index (χ0n) is 11.9. The lowest BCUT2D eigenvalue weighted by molar-refractivity contribution is -0.151. The number of carbonyl (C=O) groups excluding carboxylic acids is 1. The number of nitrogens with one attached hydrogen (secondary N) is 1. The van der Waals surface area contributed by atoms with E-state index in [9.17, 15) is 9.59 Å². The van der Waals surface area contributed by atoms with E-state index in [1.165, 1.54) is 7.11 Å². The Morgan fingerprint density at radius 2 is 1.89 bits per heavy atom. The third kappa shape index (κ3) is 6.00. The molecule has 0 unspecified atom stereocenters. The van der Waals surface area contributed by atoms with Crippen LogP contribution in [0.25, 0.3) is 0 Å². The number of methoxy groups -OCH3 is 1. The summed E-state index contributed by atoms with van der Waals surface area (Å²) in [6, 6.07) is -0.557. The Morgan fingerprint density at radius 1 is 1.33 bits per heavy atom. The van der Waals surface area contributed by atoms with E-state index in [-0.39, 0.29) is 5.97 Å². The standard InChI is InChI=1S/C13H25NO4/c1-9(2)8-10(11(15)16)14-7-6-13(3,4)12(17)18-5/h9-10,14H,6-8H2,1-5H3,(H,15,16)/t10-/m1/s1. The van der Waals surface area contributed by atoms with E-state index in [1.54, 1.807) is 13.8 Å². The Kier molecular flexibility index (Phi) is 6.91. The molecule has 2 N–H and O–H groups in total. The minimum absolute atomic E-state index is 0.278. The van der Waals surface area contributed by atoms with Gasteiger partial charge in [0.2, 0.25) is 0 Å². The molecule has 0 aromatic rings. The molecule has 0 amide bonds. The molecule has 5 heteroatoms. The molecular weight excluding hydrogens is 234 g/mol. The average Bonchev–Trinajstić information content (AvgIpc) is 2.25. The maximum absolute atomic E-state index is 11.5. The summed E-state index contributed by atoms with van der Waals surface area (Å²) in [7, 11) is 1.36. The number of aliphatic carboxylic acids is 1. The lowest BCUT2D eigenvalue weighted by atomic mass is 9.89. The van der Waals surface area contributed by atoms with Gasteiger partial charge in [-0.05, 0) is 39.2 Å². The van der Waals surface area contributed by atoms with Gasteiger partial charge < -0.3 is 15.2 Å². The van der Waals surface area contributed by atoms with Gasteiger partial charge in [-0.3, -0.25) is 9.59 Å². The number of ether oxygens (including phenoxy) is 1. The fraction of sp³-hybridized carbons (Fsp3) is 0.846. The van der Waals surface area contributed by atoms with E-state index in [0.29, 0.717) is 25.3 Å². The molecular formula is C13H25NO4. The summed E-state index contributed by atoms with van der Waals surface area (Å²) in [5.41, 5.74) is -0.595. The Bertz CT molecular complexity index is 287. The Labute approximate surface area is 109 Å². The van der Waals surface area contributed by atoms with Crippen molar-refractivity contribution in [2.45, 2.75) is 46.6 Å². The van der Waals surface area contributed by atoms with Crippen LogP contribution in [0.3, 0.4) is 0 Å². The zero-order chi connectivity index (χ0) is 14.3. The highest BCUT2D eigenvalue weighted by molar-refractivity contribution is 5.75. The molecule has 0 bridgehead atoms. The summed E-state index contributed by atoms with van der Waals surface area (Å²) in [5.74, 6) is -0.813. The maximum Gasteiger partial charge on any atom is 0.320 e. The van der Waals surface area contributed by atoms with Gasteiger partial charge in [0.25, 0.3) is 0 Å². The highest BCUT2D eigenvalue weighted by Gasteiger charge is 2.29. The predicted octanol–water partition coefficient (Wildman–Crippen LogP) is 1.66. The minimum Gasteiger partial charge on any atom is -0.480 e. The van der Waals surface area contributed by atoms with Crippen LogP contribution in [0.5, 0.6) is 0 Å². The second-order valence-electron chi connectivity index (χ2n) is 5.60. The normalized spacial score (nSPS) is 13.4. The first-order valence-electron chi connectivity index (χ1n) is 6.25. The summed E-state index contributed by atoms with van der Waals surface area (Å²) in [5, 5.41) is 12.0. The van der Waals surface area contributed by atoms with Crippen molar-refractivity contribution < 1.29 is 19.4 Å². The molecule has 0 aromatic heterocycles. The number of carboxylic acid groups (broad SMARTS) is 1. The molecule has 106 valence electrons. The fourth-order valence-corrected chi connectivity index (χ4v) is 1.68. The first-order valence-corrected chi connectivity index (χ1v) is 6.25. The molecule has 0 rings (SSSR count). The summed E-state index contributed by atoms with van der Waals surface area (Å²) < 4.78 is 4.70. The molecule has 0 heterocycles. The van der Waals surface area contributed by atoms with Crippen molar-refractivity contribution in [1.29, 1.82) is 0 Å². The average molecular weight is 259 g/mol. The molecule has 0 fully saturated rings. The van der Waals surface area contributed by atoms with Gasteiger partial charge in [-0.15, -0.1) is 0 Å². The minimum atomic E-state index is -0.848. The van der Waals surface area contributed by atoms with Crippen LogP contribution in [-0.2, 0) is 14.3 Å². The number of hydrogen-bond acceptors (Lipinski definition) is 4. The van der Waals surface area contributed by atoms with Crippen LogP contribution < -0.4 is 5.32 Å². The van der Waals surface area contributed by atoms with Crippen LogP contribution in [0.15, 0.2) is 0 Å². The summed E-state index contributed by atoms with van der Waals surface area (Å²) in [6.07, 6.45) is 1.12. The summed E-state index contributed by atoms with van der Waals surface area (Å²) in [4.78, 5) is 22.5. The van der Waals surface area contributed by atoms with Crippen molar-refractivity contribution >= 4 is 11.9 Å². The molecule has 5 nitrogen and oxygen atoms in total. The van der Waals surface area contributed by atoms with E-state index in [2.05, 4.69) is 5.32 Å². The van der Waals surface area contributed by atoms with E-state index in [1.807, 2.05) is 13.8 Å². The Morgan fingerprint density at radius 3 is 2.28 bits per heavy atom. The van der Waals surface area contributed by atoms with Gasteiger partial charge in [0.15, 0.2) is 0 Å². The first kappa shape index (κ1) is 16.9. The molecule has 18 heavy (non-hydrogen) atoms. The van der Waals surface area contributed by atoms with E-state index in [4.69, 9.17) is 9.84 Å². The molecule has 0 saturated heterocycles. The zero-order valence-corrected chi connectivity index (χ0v) is 11.9. The van der Waals surface area contributed by atoms with Gasteiger partial charge >= 0.3 is 11.9 Å². The fourth-order valence-electron chi connectivity index (χ4n) is 1.68. The third-order valence-corrected chi connectivity index (χ3v) is 2.88. The van der Waals surface area contributed by atoms with E-state index >= 15 is 0 Å². The number of hydrogen-bond donors (Lipinski definition) is 2. The number of esters is 1. The van der Waals surface area contributed by atoms with Gasteiger partial charge in [-0.1, -0.05) is 13.8 Å². The lowest BCUT2D eigenvalue weighted by Gasteiger charge is -2.23. The van der Waals surface area contributed by atoms with Crippen LogP contribution in [0, 0.1) is 11.3 Å². The maximum atomic E-state index is 11.5. The molecule has 0 aliphatic rings. The van der Waals surface area contributed by atoms with Crippen LogP contribution in [0.1, 0.15) is 40.5 Å². The molecule has 0 saturated carbocycles. The molecule has 0 radical (unpaired) electrons. The number of rotatable bonds is 8. The van der Waals surface area contributed by atoms with Gasteiger partial charge in [0, 0.05) is 0 Å². The van der Waals surface area contributed by atoms with Gasteiger partial charge in [-0.25, -0.2) is 0 Å². The van der Waals surface area contributed by atoms with Crippen molar-refractivity contribution in [1.82, 2.24) is 5.32 Å². The molecule has 0 aliphatic carbocycles. The molecule has 1 atom stereocenters. The van der Waals surface area contributed by atoms with Crippen molar-refractivity contribution in [2.24, 2.45) is 11.3 Å². The van der Waals surface area contributed by atoms with Crippen LogP contribution >= 0.6 is 0 Å². The predicted molar refractivity (Wildman–Crippen MR) is 69.3 cm³/mol. The monoisotopic (exact) mass is 259 g/mol. The van der Waals surface area contributed by atoms with Crippen molar-refractivity contribution in [3.05, 3.63) is 0 Å². The lowest BCUT2D eigenvalue weighted by Crippen LogP contribution is -2.40. The van der Waals surface area contributed by atoms with Crippen molar-refractivity contribution in [3.8, 4) is 0 Å². The van der Waals surface area contributed by atoms with Gasteiger partial charge in [-0.2, -0.15) is 0 Å². The molecule has 0 aliphatic heterocycles. The third-order valence-electron chi connectivity index (χ3n) is 2.88. The van der Waals surface area contributed by atoms with Crippen molar-refractivity contribution in [2.75, 3.05) is 13.7 Å². The summed E-state index contributed by atoms with van der Waals surface area (Å²) in [6.45, 7) is 8.02. The van der Waals surface area contributed by atoms with Crippen molar-refractivity contribution in [3.63, 3.8) is 0 Å². The molecule has 0 aromatic carbocycles. The van der Waals surface area contributed by atoms with E-state index in [0.717, 1.165) is 0 Å². The van der Waals surface area contributed by atoms with Gasteiger partial charge in [0.05, 0.1) is 12.5 Å². The van der Waals surface area contributed by atoms with Crippen LogP contribution in [-0.4, -0.2) is 36.7 Å². The first-order chi connectivity index (χ1) is 8.20. The van der Waals surface area contributed by atoms with Crippen LogP contribution in [0.4, 0.5) is 0 Å². The number of carbonyl (C=O) groups is 2. The summed E-state index contributed by atoms with van der Waals surface area (Å²) >= 11 is 0. The number of carboxylic acids is 1. The second kappa shape index (κ2) is 7.36. The SMILES string of the molecule is COC(=O)C(C)(C)CCN[C@H](CC(C)C)C(=O)O. The topological polar surface area (TPSA) is 75.6 Å². The quantitative estimate of drug-likeness (QED) is 0.648. The highest BCUT2D eigenvalue weighted by Crippen LogP contribution is 2.21. The largest absolute Gasteiger partial charge is 0.480 e. The smallest absolute Gasteiger partial charge is 0.320 e. The second-order valence-corrected chi connectivity index (χ2v) is 5.60. The Balaban J connectivity index is 4.22. The Hall–Kier alpha value is -1.10. The highest BCUT2D eigenvalue weighted by atomic mass is 16.5.